The Kier molecular flexibility index (Phi) is 6.70. The summed E-state index contributed by atoms with van der Waals surface area (Å²) in [6.07, 6.45) is 0. The van der Waals surface area contributed by atoms with Crippen LogP contribution in [0.1, 0.15) is 0 Å². The summed E-state index contributed by atoms with van der Waals surface area (Å²) in [6.45, 7) is 0. The standard InChI is InChI=1S/C10H7O4S.2Na/c11-9-5-7-3-1-2-4-8(7)6-10(9)15(12,13)14;;/h1,3-6,11H,(H,12,13,14);;/q-1;2*+1/p-1. The second-order valence-corrected chi connectivity index (χ2v) is 4.40. The molecule has 78 valence electrons. The molecule has 7 heteroatoms. The van der Waals surface area contributed by atoms with Crippen molar-refractivity contribution in [3.05, 3.63) is 36.4 Å². The van der Waals surface area contributed by atoms with Gasteiger partial charge in [0.25, 0.3) is 0 Å². The molecular weight excluding hydrogens is 262 g/mol. The number of fused-ring (bicyclic) bond motifs is 1. The van der Waals surface area contributed by atoms with Gasteiger partial charge in [-0.25, -0.2) is 8.42 Å². The molecule has 0 heterocycles. The summed E-state index contributed by atoms with van der Waals surface area (Å²) in [6, 6.07) is 9.98. The number of aromatic hydroxyl groups is 1. The van der Waals surface area contributed by atoms with E-state index in [9.17, 15) is 18.1 Å². The maximum atomic E-state index is 10.8. The van der Waals surface area contributed by atoms with E-state index < -0.39 is 20.8 Å². The quantitative estimate of drug-likeness (QED) is 0.320. The van der Waals surface area contributed by atoms with Crippen LogP contribution in [0.25, 0.3) is 10.8 Å². The Balaban J connectivity index is 0.00000128. The van der Waals surface area contributed by atoms with E-state index >= 15 is 0 Å². The first-order chi connectivity index (χ1) is 6.98. The van der Waals surface area contributed by atoms with Gasteiger partial charge >= 0.3 is 59.1 Å². The number of phenolic OH excluding ortho intramolecular Hbond substituents is 1. The van der Waals surface area contributed by atoms with Gasteiger partial charge in [-0.05, 0) is 6.07 Å². The summed E-state index contributed by atoms with van der Waals surface area (Å²) < 4.78 is 32.3. The van der Waals surface area contributed by atoms with E-state index in [0.29, 0.717) is 10.8 Å². The average molecular weight is 268 g/mol. The molecule has 4 nitrogen and oxygen atoms in total. The van der Waals surface area contributed by atoms with Crippen molar-refractivity contribution in [3.8, 4) is 5.75 Å². The monoisotopic (exact) mass is 268 g/mol. The molecule has 0 amide bonds. The van der Waals surface area contributed by atoms with Gasteiger partial charge in [0.15, 0.2) is 0 Å². The van der Waals surface area contributed by atoms with E-state index in [4.69, 9.17) is 0 Å². The van der Waals surface area contributed by atoms with Gasteiger partial charge in [-0.3, -0.25) is 0 Å². The molecule has 0 saturated carbocycles. The Morgan fingerprint density at radius 2 is 1.82 bits per heavy atom. The first-order valence-electron chi connectivity index (χ1n) is 4.07. The van der Waals surface area contributed by atoms with Crippen LogP contribution in [-0.2, 0) is 10.1 Å². The Morgan fingerprint density at radius 3 is 2.41 bits per heavy atom. The predicted molar refractivity (Wildman–Crippen MR) is 52.4 cm³/mol. The van der Waals surface area contributed by atoms with Crippen molar-refractivity contribution in [1.29, 1.82) is 0 Å². The molecule has 2 aromatic carbocycles. The van der Waals surface area contributed by atoms with Gasteiger partial charge in [-0.2, -0.15) is 24.3 Å². The molecule has 0 unspecified atom stereocenters. The predicted octanol–water partition coefficient (Wildman–Crippen LogP) is -4.74. The third kappa shape index (κ3) is 3.94. The smallest absolute Gasteiger partial charge is 0.744 e. The van der Waals surface area contributed by atoms with Crippen LogP contribution < -0.4 is 59.1 Å². The van der Waals surface area contributed by atoms with E-state index in [1.807, 2.05) is 0 Å². The van der Waals surface area contributed by atoms with E-state index in [1.165, 1.54) is 6.07 Å². The molecule has 0 aliphatic heterocycles. The number of rotatable bonds is 1. The van der Waals surface area contributed by atoms with Crippen molar-refractivity contribution < 1.29 is 77.2 Å². The van der Waals surface area contributed by atoms with E-state index in [2.05, 4.69) is 6.07 Å². The summed E-state index contributed by atoms with van der Waals surface area (Å²) in [5.41, 5.74) is 0. The fourth-order valence-corrected chi connectivity index (χ4v) is 1.93. The zero-order valence-corrected chi connectivity index (χ0v) is 14.3. The third-order valence-corrected chi connectivity index (χ3v) is 2.90. The van der Waals surface area contributed by atoms with Crippen LogP contribution in [0, 0.1) is 6.07 Å². The number of phenols is 1. The summed E-state index contributed by atoms with van der Waals surface area (Å²) in [4.78, 5) is -0.602. The third-order valence-electron chi connectivity index (χ3n) is 2.03. The fraction of sp³-hybridized carbons (Fsp3) is 0. The molecule has 0 atom stereocenters. The van der Waals surface area contributed by atoms with Crippen LogP contribution in [0.2, 0.25) is 0 Å². The minimum atomic E-state index is -4.64. The maximum Gasteiger partial charge on any atom is 1.00 e. The van der Waals surface area contributed by atoms with E-state index in [1.54, 1.807) is 18.2 Å². The molecule has 0 aliphatic carbocycles. The average Bonchev–Trinajstić information content (AvgIpc) is 2.15. The van der Waals surface area contributed by atoms with Gasteiger partial charge in [0.2, 0.25) is 0 Å². The van der Waals surface area contributed by atoms with Gasteiger partial charge < -0.3 is 9.66 Å². The molecule has 2 aromatic rings. The molecule has 0 aromatic heterocycles. The molecule has 0 saturated heterocycles. The van der Waals surface area contributed by atoms with Crippen LogP contribution in [0.3, 0.4) is 0 Å². The molecule has 2 rings (SSSR count). The minimum absolute atomic E-state index is 0. The zero-order valence-electron chi connectivity index (χ0n) is 9.47. The Bertz CT molecular complexity index is 625. The van der Waals surface area contributed by atoms with Crippen molar-refractivity contribution in [3.63, 3.8) is 0 Å². The van der Waals surface area contributed by atoms with Crippen LogP contribution in [-0.4, -0.2) is 18.1 Å². The molecule has 0 radical (unpaired) electrons. The molecule has 0 spiro atoms. The van der Waals surface area contributed by atoms with Crippen molar-refractivity contribution >= 4 is 20.9 Å². The van der Waals surface area contributed by atoms with Crippen molar-refractivity contribution in [2.24, 2.45) is 0 Å². The van der Waals surface area contributed by atoms with Gasteiger partial charge in [0.05, 0.1) is 4.90 Å². The molecule has 0 bridgehead atoms. The minimum Gasteiger partial charge on any atom is -0.744 e. The van der Waals surface area contributed by atoms with Gasteiger partial charge in [-0.1, -0.05) is 6.07 Å². The molecule has 17 heavy (non-hydrogen) atoms. The van der Waals surface area contributed by atoms with Crippen LogP contribution in [0.5, 0.6) is 5.75 Å². The Labute approximate surface area is 143 Å². The molecule has 1 N–H and O–H groups in total. The summed E-state index contributed by atoms with van der Waals surface area (Å²) in [7, 11) is -4.64. The van der Waals surface area contributed by atoms with Gasteiger partial charge in [-0.15, -0.1) is 10.8 Å². The Hall–Kier alpha value is 0.410. The first-order valence-corrected chi connectivity index (χ1v) is 5.48. The topological polar surface area (TPSA) is 77.4 Å². The summed E-state index contributed by atoms with van der Waals surface area (Å²) in [5, 5.41) is 10.6. The SMILES string of the molecule is O=S(=O)([O-])c1cc2c[c-]ccc2cc1O.[Na+].[Na+]. The van der Waals surface area contributed by atoms with E-state index in [0.717, 1.165) is 6.07 Å². The van der Waals surface area contributed by atoms with Crippen LogP contribution >= 0.6 is 0 Å². The molecule has 0 fully saturated rings. The maximum absolute atomic E-state index is 10.8. The first kappa shape index (κ1) is 17.4. The van der Waals surface area contributed by atoms with Gasteiger partial charge in [0, 0.05) is 0 Å². The zero-order chi connectivity index (χ0) is 11.1. The van der Waals surface area contributed by atoms with Crippen molar-refractivity contribution in [2.45, 2.75) is 4.90 Å². The normalized spacial score (nSPS) is 10.4. The second kappa shape index (κ2) is 6.54. The molecule has 0 aliphatic rings. The number of hydrogen-bond donors (Lipinski definition) is 1. The van der Waals surface area contributed by atoms with Crippen LogP contribution in [0.15, 0.2) is 35.2 Å². The number of benzene rings is 2. The molecular formula is C10H6Na2O4S. The van der Waals surface area contributed by atoms with Gasteiger partial charge in [0.1, 0.15) is 15.9 Å². The van der Waals surface area contributed by atoms with Crippen molar-refractivity contribution in [1.82, 2.24) is 0 Å². The number of hydrogen-bond acceptors (Lipinski definition) is 4. The summed E-state index contributed by atoms with van der Waals surface area (Å²) >= 11 is 0. The summed E-state index contributed by atoms with van der Waals surface area (Å²) in [5.74, 6) is -0.524. The fourth-order valence-electron chi connectivity index (χ4n) is 1.35. The second-order valence-electron chi connectivity index (χ2n) is 3.05. The van der Waals surface area contributed by atoms with E-state index in [-0.39, 0.29) is 59.1 Å². The van der Waals surface area contributed by atoms with Crippen LogP contribution in [0.4, 0.5) is 0 Å². The van der Waals surface area contributed by atoms with Crippen molar-refractivity contribution in [2.75, 3.05) is 0 Å². The largest absolute Gasteiger partial charge is 1.00 e. The Morgan fingerprint density at radius 1 is 1.18 bits per heavy atom.